The molecular weight excluding hydrogens is 439 g/mol. The summed E-state index contributed by atoms with van der Waals surface area (Å²) in [7, 11) is 1.51. The van der Waals surface area contributed by atoms with Crippen molar-refractivity contribution in [1.29, 1.82) is 0 Å². The minimum absolute atomic E-state index is 0.0395. The average molecular weight is 471 g/mol. The van der Waals surface area contributed by atoms with Crippen LogP contribution in [-0.4, -0.2) is 66.5 Å². The van der Waals surface area contributed by atoms with E-state index in [0.29, 0.717) is 36.8 Å². The number of likely N-dealkylation sites (N-methyl/N-ethyl adjacent to an activating group) is 1. The van der Waals surface area contributed by atoms with Gasteiger partial charge in [-0.05, 0) is 62.0 Å². The number of nitrogens with zero attached hydrogens (tertiary/aromatic N) is 2. The van der Waals surface area contributed by atoms with E-state index in [1.807, 2.05) is 20.8 Å². The Labute approximate surface area is 199 Å². The molecule has 1 heterocycles. The second kappa shape index (κ2) is 11.2. The fourth-order valence-corrected chi connectivity index (χ4v) is 4.14. The normalized spacial score (nSPS) is 17.5. The molecule has 0 aromatic heterocycles. The molecule has 1 atom stereocenters. The number of aliphatic hydroxyl groups excluding tert-OH is 1. The highest BCUT2D eigenvalue weighted by Gasteiger charge is 2.46. The molecule has 1 aliphatic heterocycles. The minimum atomic E-state index is -0.829. The molecule has 0 saturated carbocycles. The lowest BCUT2D eigenvalue weighted by atomic mass is 9.95. The first-order valence-electron chi connectivity index (χ1n) is 11.4. The van der Waals surface area contributed by atoms with Crippen LogP contribution in [0.3, 0.4) is 0 Å². The molecular formula is C26H31FN2O5. The minimum Gasteiger partial charge on any atom is -0.507 e. The first-order valence-corrected chi connectivity index (χ1v) is 11.4. The van der Waals surface area contributed by atoms with Crippen LogP contribution in [0.15, 0.2) is 48.0 Å². The van der Waals surface area contributed by atoms with Crippen molar-refractivity contribution in [3.8, 4) is 11.5 Å². The monoisotopic (exact) mass is 470 g/mol. The average Bonchev–Trinajstić information content (AvgIpc) is 3.10. The number of methoxy groups -OCH3 is 1. The topological polar surface area (TPSA) is 79.3 Å². The number of likely N-dealkylation sites (tertiary alicyclic amines) is 1. The lowest BCUT2D eigenvalue weighted by Crippen LogP contribution is -2.38. The smallest absolute Gasteiger partial charge is 0.295 e. The van der Waals surface area contributed by atoms with Gasteiger partial charge in [0.1, 0.15) is 11.6 Å². The van der Waals surface area contributed by atoms with Gasteiger partial charge in [-0.25, -0.2) is 4.39 Å². The van der Waals surface area contributed by atoms with Crippen molar-refractivity contribution in [3.63, 3.8) is 0 Å². The van der Waals surface area contributed by atoms with Gasteiger partial charge in [-0.2, -0.15) is 0 Å². The molecule has 1 saturated heterocycles. The van der Waals surface area contributed by atoms with E-state index in [0.717, 1.165) is 13.1 Å². The lowest BCUT2D eigenvalue weighted by molar-refractivity contribution is -0.140. The van der Waals surface area contributed by atoms with E-state index in [4.69, 9.17) is 9.47 Å². The first-order chi connectivity index (χ1) is 16.4. The first kappa shape index (κ1) is 25.2. The van der Waals surface area contributed by atoms with Gasteiger partial charge < -0.3 is 24.4 Å². The van der Waals surface area contributed by atoms with E-state index in [2.05, 4.69) is 4.90 Å². The van der Waals surface area contributed by atoms with E-state index in [1.165, 1.54) is 36.3 Å². The highest BCUT2D eigenvalue weighted by atomic mass is 19.1. The molecule has 1 amide bonds. The number of rotatable bonds is 10. The quantitative estimate of drug-likeness (QED) is 0.321. The van der Waals surface area contributed by atoms with Crippen molar-refractivity contribution in [2.45, 2.75) is 26.8 Å². The van der Waals surface area contributed by atoms with Crippen LogP contribution in [0.4, 0.5) is 4.39 Å². The number of aliphatic hydroxyl groups is 1. The summed E-state index contributed by atoms with van der Waals surface area (Å²) in [5.74, 6) is -1.29. The van der Waals surface area contributed by atoms with Gasteiger partial charge in [0.15, 0.2) is 11.5 Å². The molecule has 8 heteroatoms. The molecule has 1 aliphatic rings. The number of amides is 1. The Hall–Kier alpha value is -3.39. The second-order valence-electron chi connectivity index (χ2n) is 7.87. The summed E-state index contributed by atoms with van der Waals surface area (Å²) < 4.78 is 24.5. The number of hydrogen-bond acceptors (Lipinski definition) is 6. The van der Waals surface area contributed by atoms with Gasteiger partial charge in [0.05, 0.1) is 25.3 Å². The van der Waals surface area contributed by atoms with Crippen molar-refractivity contribution in [1.82, 2.24) is 9.80 Å². The number of Topliss-reactive ketones (excluding diaryl/α,β-unsaturated/α-hetero) is 1. The van der Waals surface area contributed by atoms with E-state index in [1.54, 1.807) is 18.2 Å². The predicted octanol–water partition coefficient (Wildman–Crippen LogP) is 4.00. The fourth-order valence-electron chi connectivity index (χ4n) is 4.14. The summed E-state index contributed by atoms with van der Waals surface area (Å²) in [4.78, 5) is 29.9. The van der Waals surface area contributed by atoms with Crippen LogP contribution in [-0.2, 0) is 9.59 Å². The third-order valence-electron chi connectivity index (χ3n) is 6.01. The van der Waals surface area contributed by atoms with Crippen LogP contribution in [0.5, 0.6) is 11.5 Å². The third-order valence-corrected chi connectivity index (χ3v) is 6.01. The predicted molar refractivity (Wildman–Crippen MR) is 127 cm³/mol. The van der Waals surface area contributed by atoms with Crippen LogP contribution in [0.25, 0.3) is 5.76 Å². The molecule has 0 aliphatic carbocycles. The van der Waals surface area contributed by atoms with Crippen molar-refractivity contribution < 1.29 is 28.6 Å². The van der Waals surface area contributed by atoms with Crippen LogP contribution in [0.2, 0.25) is 0 Å². The molecule has 182 valence electrons. The number of ketones is 1. The molecule has 2 aromatic rings. The molecule has 1 unspecified atom stereocenters. The molecule has 7 nitrogen and oxygen atoms in total. The Kier molecular flexibility index (Phi) is 8.28. The molecule has 2 aromatic carbocycles. The Morgan fingerprint density at radius 1 is 1.06 bits per heavy atom. The Balaban J connectivity index is 2.14. The highest BCUT2D eigenvalue weighted by molar-refractivity contribution is 6.46. The number of halogens is 1. The van der Waals surface area contributed by atoms with Gasteiger partial charge >= 0.3 is 0 Å². The van der Waals surface area contributed by atoms with Gasteiger partial charge in [-0.3, -0.25) is 9.59 Å². The number of ether oxygens (including phenoxy) is 2. The van der Waals surface area contributed by atoms with Gasteiger partial charge in [-0.15, -0.1) is 0 Å². The van der Waals surface area contributed by atoms with Crippen molar-refractivity contribution in [2.75, 3.05) is 39.9 Å². The zero-order valence-electron chi connectivity index (χ0n) is 20.0. The largest absolute Gasteiger partial charge is 0.507 e. The van der Waals surface area contributed by atoms with Crippen molar-refractivity contribution >= 4 is 17.4 Å². The number of carbonyl (C=O) groups excluding carboxylic acids is 2. The lowest BCUT2D eigenvalue weighted by Gasteiger charge is -2.28. The number of carbonyl (C=O) groups is 2. The van der Waals surface area contributed by atoms with Crippen molar-refractivity contribution in [3.05, 3.63) is 65.0 Å². The zero-order chi connectivity index (χ0) is 24.8. The van der Waals surface area contributed by atoms with Gasteiger partial charge in [-0.1, -0.05) is 19.9 Å². The molecule has 0 bridgehead atoms. The summed E-state index contributed by atoms with van der Waals surface area (Å²) in [6.45, 7) is 8.84. The SMILES string of the molecule is CCOc1ccc(C2/C(=C(/O)c3ccc(F)cc3)C(=O)C(=O)N2CCN(CC)CC)cc1OC. The van der Waals surface area contributed by atoms with E-state index >= 15 is 0 Å². The summed E-state index contributed by atoms with van der Waals surface area (Å²) >= 11 is 0. The maximum Gasteiger partial charge on any atom is 0.295 e. The van der Waals surface area contributed by atoms with Crippen LogP contribution in [0.1, 0.15) is 37.9 Å². The number of hydrogen-bond donors (Lipinski definition) is 1. The van der Waals surface area contributed by atoms with Crippen molar-refractivity contribution in [2.24, 2.45) is 0 Å². The van der Waals surface area contributed by atoms with E-state index < -0.39 is 23.5 Å². The molecule has 0 spiro atoms. The van der Waals surface area contributed by atoms with Crippen LogP contribution >= 0.6 is 0 Å². The Morgan fingerprint density at radius 2 is 1.74 bits per heavy atom. The zero-order valence-corrected chi connectivity index (χ0v) is 20.0. The van der Waals surface area contributed by atoms with E-state index in [9.17, 15) is 19.1 Å². The second-order valence-corrected chi connectivity index (χ2v) is 7.87. The van der Waals surface area contributed by atoms with E-state index in [-0.39, 0.29) is 16.9 Å². The number of benzene rings is 2. The van der Waals surface area contributed by atoms with Crippen LogP contribution < -0.4 is 9.47 Å². The highest BCUT2D eigenvalue weighted by Crippen LogP contribution is 2.41. The molecule has 34 heavy (non-hydrogen) atoms. The summed E-state index contributed by atoms with van der Waals surface area (Å²) in [6.07, 6.45) is 0. The fraction of sp³-hybridized carbons (Fsp3) is 0.385. The van der Waals surface area contributed by atoms with Gasteiger partial charge in [0.2, 0.25) is 0 Å². The maximum absolute atomic E-state index is 13.4. The van der Waals surface area contributed by atoms with Crippen LogP contribution in [0, 0.1) is 5.82 Å². The maximum atomic E-state index is 13.4. The summed E-state index contributed by atoms with van der Waals surface area (Å²) in [6, 6.07) is 9.51. The third kappa shape index (κ3) is 5.07. The Bertz CT molecular complexity index is 1060. The molecule has 1 fully saturated rings. The van der Waals surface area contributed by atoms with Gasteiger partial charge in [0, 0.05) is 18.7 Å². The summed E-state index contributed by atoms with van der Waals surface area (Å²) in [5.41, 5.74) is 0.816. The molecule has 1 N–H and O–H groups in total. The molecule has 3 rings (SSSR count). The van der Waals surface area contributed by atoms with Gasteiger partial charge in [0.25, 0.3) is 11.7 Å². The molecule has 0 radical (unpaired) electrons. The standard InChI is InChI=1S/C26H31FN2O5/c1-5-28(6-2)14-15-29-23(18-10-13-20(34-7-3)21(16-18)33-4)22(25(31)26(29)32)24(30)17-8-11-19(27)12-9-17/h8-13,16,23,30H,5-7,14-15H2,1-4H3/b24-22-. The Morgan fingerprint density at radius 3 is 2.32 bits per heavy atom. The summed E-state index contributed by atoms with van der Waals surface area (Å²) in [5, 5.41) is 11.1.